The van der Waals surface area contributed by atoms with E-state index in [2.05, 4.69) is 21.4 Å². The third-order valence-corrected chi connectivity index (χ3v) is 1.79. The first-order valence-corrected chi connectivity index (χ1v) is 3.96. The maximum atomic E-state index is 4.32. The molecule has 0 amide bonds. The van der Waals surface area contributed by atoms with Gasteiger partial charge in [-0.2, -0.15) is 12.1 Å². The van der Waals surface area contributed by atoms with Crippen LogP contribution in [0.4, 0.5) is 5.82 Å². The van der Waals surface area contributed by atoms with Crippen molar-refractivity contribution >= 4 is 11.5 Å². The smallest absolute Gasteiger partial charge is 0.148 e. The Morgan fingerprint density at radius 3 is 2.71 bits per heavy atom. The second-order valence-corrected chi connectivity index (χ2v) is 3.02. The third-order valence-electron chi connectivity index (χ3n) is 1.79. The van der Waals surface area contributed by atoms with Crippen molar-refractivity contribution in [1.82, 2.24) is 19.8 Å². The maximum Gasteiger partial charge on any atom is 0.148 e. The molecular formula is C8H10N5Y-. The predicted molar refractivity (Wildman–Crippen MR) is 48.7 cm³/mol. The van der Waals surface area contributed by atoms with Gasteiger partial charge in [0.25, 0.3) is 0 Å². The van der Waals surface area contributed by atoms with E-state index in [1.54, 1.807) is 10.6 Å². The molecular weight excluding hydrogens is 255 g/mol. The minimum Gasteiger partial charge on any atom is -0.438 e. The van der Waals surface area contributed by atoms with Crippen LogP contribution in [0, 0.1) is 13.0 Å². The minimum absolute atomic E-state index is 0. The molecule has 2 heterocycles. The molecule has 0 saturated carbocycles. The first kappa shape index (κ1) is 11.5. The zero-order valence-electron chi connectivity index (χ0n) is 8.39. The molecule has 0 aliphatic heterocycles. The van der Waals surface area contributed by atoms with Crippen LogP contribution in [0.3, 0.4) is 0 Å². The number of hydrogen-bond acceptors (Lipinski definition) is 4. The van der Waals surface area contributed by atoms with Crippen molar-refractivity contribution in [2.45, 2.75) is 6.92 Å². The number of nitrogens with zero attached hydrogens (tertiary/aromatic N) is 5. The molecule has 14 heavy (non-hydrogen) atoms. The molecule has 0 fully saturated rings. The molecule has 0 spiro atoms. The SMILES string of the molecule is Cc1nnc2[c-]cc(N(C)C)nn12.[Y]. The number of aromatic nitrogens is 4. The van der Waals surface area contributed by atoms with Crippen molar-refractivity contribution in [1.29, 1.82) is 0 Å². The molecule has 2 aromatic heterocycles. The Bertz CT molecular complexity index is 436. The molecule has 0 N–H and O–H groups in total. The van der Waals surface area contributed by atoms with Crippen molar-refractivity contribution in [3.8, 4) is 0 Å². The quantitative estimate of drug-likeness (QED) is 0.696. The molecule has 2 aromatic rings. The van der Waals surface area contributed by atoms with Crippen LogP contribution in [0.5, 0.6) is 0 Å². The molecule has 0 aliphatic rings. The largest absolute Gasteiger partial charge is 0.438 e. The first-order chi connectivity index (χ1) is 6.18. The Labute approximate surface area is 107 Å². The summed E-state index contributed by atoms with van der Waals surface area (Å²) in [7, 11) is 3.86. The minimum atomic E-state index is 0. The van der Waals surface area contributed by atoms with E-state index in [4.69, 9.17) is 0 Å². The van der Waals surface area contributed by atoms with Gasteiger partial charge < -0.3 is 4.90 Å². The molecule has 1 radical (unpaired) electrons. The first-order valence-electron chi connectivity index (χ1n) is 3.96. The maximum absolute atomic E-state index is 4.32. The molecule has 2 rings (SSSR count). The van der Waals surface area contributed by atoms with Gasteiger partial charge in [0.05, 0.1) is 5.65 Å². The van der Waals surface area contributed by atoms with Crippen LogP contribution in [0.15, 0.2) is 6.07 Å². The van der Waals surface area contributed by atoms with Crippen LogP contribution < -0.4 is 4.90 Å². The Kier molecular flexibility index (Phi) is 3.55. The topological polar surface area (TPSA) is 46.3 Å². The van der Waals surface area contributed by atoms with Gasteiger partial charge in [-0.1, -0.05) is 0 Å². The standard InChI is InChI=1S/C8H10N5.Y/c1-6-9-10-7-4-5-8(12(2)3)11-13(6)7;/h5H,1-3H3;/q-1;. The summed E-state index contributed by atoms with van der Waals surface area (Å²) < 4.78 is 1.68. The zero-order chi connectivity index (χ0) is 9.42. The van der Waals surface area contributed by atoms with Crippen molar-refractivity contribution in [3.05, 3.63) is 18.0 Å². The molecule has 0 aliphatic carbocycles. The molecule has 6 heteroatoms. The fourth-order valence-corrected chi connectivity index (χ4v) is 1.05. The van der Waals surface area contributed by atoms with E-state index in [0.29, 0.717) is 5.65 Å². The van der Waals surface area contributed by atoms with E-state index in [1.807, 2.05) is 25.9 Å². The summed E-state index contributed by atoms with van der Waals surface area (Å²) in [5, 5.41) is 12.1. The van der Waals surface area contributed by atoms with Crippen LogP contribution in [0.2, 0.25) is 0 Å². The molecule has 0 saturated heterocycles. The van der Waals surface area contributed by atoms with E-state index < -0.39 is 0 Å². The average Bonchev–Trinajstić information content (AvgIpc) is 2.47. The second-order valence-electron chi connectivity index (χ2n) is 3.02. The average molecular weight is 265 g/mol. The fourth-order valence-electron chi connectivity index (χ4n) is 1.05. The zero-order valence-corrected chi connectivity index (χ0v) is 11.2. The van der Waals surface area contributed by atoms with Crippen molar-refractivity contribution < 1.29 is 32.7 Å². The fraction of sp³-hybridized carbons (Fsp3) is 0.375. The van der Waals surface area contributed by atoms with Crippen LogP contribution in [-0.2, 0) is 32.7 Å². The molecule has 0 atom stereocenters. The number of hydrogen-bond donors (Lipinski definition) is 0. The molecule has 71 valence electrons. The van der Waals surface area contributed by atoms with Gasteiger partial charge in [-0.15, -0.1) is 10.2 Å². The normalized spacial score (nSPS) is 9.93. The van der Waals surface area contributed by atoms with Gasteiger partial charge in [0, 0.05) is 32.7 Å². The van der Waals surface area contributed by atoms with Gasteiger partial charge in [-0.3, -0.25) is 0 Å². The van der Waals surface area contributed by atoms with E-state index in [0.717, 1.165) is 11.6 Å². The van der Waals surface area contributed by atoms with Crippen molar-refractivity contribution in [2.75, 3.05) is 19.0 Å². The summed E-state index contributed by atoms with van der Waals surface area (Å²) in [5.41, 5.74) is 0.656. The second kappa shape index (κ2) is 4.32. The summed E-state index contributed by atoms with van der Waals surface area (Å²) in [6, 6.07) is 4.80. The van der Waals surface area contributed by atoms with Crippen LogP contribution >= 0.6 is 0 Å². The Morgan fingerprint density at radius 1 is 1.36 bits per heavy atom. The molecule has 0 aromatic carbocycles. The summed E-state index contributed by atoms with van der Waals surface area (Å²) in [5.74, 6) is 1.62. The third kappa shape index (κ3) is 1.93. The number of fused-ring (bicyclic) bond motifs is 1. The Morgan fingerprint density at radius 2 is 2.07 bits per heavy atom. The van der Waals surface area contributed by atoms with Gasteiger partial charge in [-0.05, 0) is 26.8 Å². The Balaban J connectivity index is 0.000000980. The predicted octanol–water partition coefficient (Wildman–Crippen LogP) is 0.296. The summed E-state index contributed by atoms with van der Waals surface area (Å²) in [4.78, 5) is 1.91. The number of aryl methyl sites for hydroxylation is 1. The van der Waals surface area contributed by atoms with E-state index in [1.165, 1.54) is 0 Å². The van der Waals surface area contributed by atoms with Gasteiger partial charge in [0.2, 0.25) is 0 Å². The molecule has 5 nitrogen and oxygen atoms in total. The van der Waals surface area contributed by atoms with Gasteiger partial charge in [0.15, 0.2) is 0 Å². The van der Waals surface area contributed by atoms with Crippen molar-refractivity contribution in [3.63, 3.8) is 0 Å². The van der Waals surface area contributed by atoms with E-state index in [-0.39, 0.29) is 32.7 Å². The van der Waals surface area contributed by atoms with Gasteiger partial charge in [-0.25, -0.2) is 9.61 Å². The number of anilines is 1. The van der Waals surface area contributed by atoms with Crippen LogP contribution in [0.1, 0.15) is 5.82 Å². The Hall–Kier alpha value is -0.546. The van der Waals surface area contributed by atoms with Gasteiger partial charge >= 0.3 is 0 Å². The van der Waals surface area contributed by atoms with E-state index >= 15 is 0 Å². The summed E-state index contributed by atoms with van der Waals surface area (Å²) in [6.45, 7) is 1.86. The van der Waals surface area contributed by atoms with Crippen LogP contribution in [0.25, 0.3) is 5.65 Å². The van der Waals surface area contributed by atoms with E-state index in [9.17, 15) is 0 Å². The summed E-state index contributed by atoms with van der Waals surface area (Å²) in [6.07, 6.45) is 0. The van der Waals surface area contributed by atoms with Crippen molar-refractivity contribution in [2.24, 2.45) is 0 Å². The number of rotatable bonds is 1. The molecule has 0 unspecified atom stereocenters. The van der Waals surface area contributed by atoms with Gasteiger partial charge in [0.1, 0.15) is 5.82 Å². The van der Waals surface area contributed by atoms with Crippen LogP contribution in [-0.4, -0.2) is 33.9 Å². The monoisotopic (exact) mass is 265 g/mol. The molecule has 0 bridgehead atoms. The summed E-state index contributed by atoms with van der Waals surface area (Å²) >= 11 is 0.